The standard InChI is InChI=1S/C17H22F2N4S/c1-4-20-17(22-10-16-11(2)23-12(3)24-16)21-8-7-13-5-6-14(18)9-15(13)19/h5-6,9H,4,7-8,10H2,1-3H3,(H2,20,21,22). The Bertz CT molecular complexity index is 713. The Balaban J connectivity index is 1.93. The van der Waals surface area contributed by atoms with Crippen LogP contribution >= 0.6 is 11.3 Å². The van der Waals surface area contributed by atoms with Crippen molar-refractivity contribution in [3.8, 4) is 0 Å². The molecule has 0 atom stereocenters. The van der Waals surface area contributed by atoms with Crippen molar-refractivity contribution in [2.24, 2.45) is 4.99 Å². The first-order valence-electron chi connectivity index (χ1n) is 7.88. The quantitative estimate of drug-likeness (QED) is 0.619. The van der Waals surface area contributed by atoms with E-state index in [0.717, 1.165) is 28.2 Å². The summed E-state index contributed by atoms with van der Waals surface area (Å²) in [4.78, 5) is 10.1. The van der Waals surface area contributed by atoms with Gasteiger partial charge in [0.05, 0.1) is 17.2 Å². The third kappa shape index (κ3) is 5.26. The van der Waals surface area contributed by atoms with Crippen molar-refractivity contribution in [1.29, 1.82) is 0 Å². The van der Waals surface area contributed by atoms with Crippen LogP contribution in [0.3, 0.4) is 0 Å². The summed E-state index contributed by atoms with van der Waals surface area (Å²) in [7, 11) is 0. The van der Waals surface area contributed by atoms with E-state index in [1.807, 2.05) is 20.8 Å². The average molecular weight is 352 g/mol. The van der Waals surface area contributed by atoms with Gasteiger partial charge in [-0.25, -0.2) is 18.8 Å². The van der Waals surface area contributed by atoms with Crippen molar-refractivity contribution in [3.63, 3.8) is 0 Å². The first-order chi connectivity index (χ1) is 11.5. The predicted molar refractivity (Wildman–Crippen MR) is 94.5 cm³/mol. The van der Waals surface area contributed by atoms with E-state index in [2.05, 4.69) is 20.6 Å². The maximum Gasteiger partial charge on any atom is 0.191 e. The van der Waals surface area contributed by atoms with Crippen molar-refractivity contribution < 1.29 is 8.78 Å². The van der Waals surface area contributed by atoms with Crippen LogP contribution in [-0.4, -0.2) is 24.0 Å². The van der Waals surface area contributed by atoms with Crippen molar-refractivity contribution in [2.45, 2.75) is 33.7 Å². The molecule has 0 fully saturated rings. The van der Waals surface area contributed by atoms with Gasteiger partial charge in [-0.1, -0.05) is 6.07 Å². The number of aryl methyl sites for hydroxylation is 2. The van der Waals surface area contributed by atoms with Gasteiger partial charge in [0.15, 0.2) is 5.96 Å². The summed E-state index contributed by atoms with van der Waals surface area (Å²) in [5.74, 6) is -0.408. The van der Waals surface area contributed by atoms with Crippen LogP contribution in [0, 0.1) is 25.5 Å². The van der Waals surface area contributed by atoms with Crippen LogP contribution < -0.4 is 10.6 Å². The van der Waals surface area contributed by atoms with Crippen LogP contribution in [-0.2, 0) is 13.0 Å². The second-order valence-corrected chi connectivity index (χ2v) is 6.64. The molecule has 24 heavy (non-hydrogen) atoms. The van der Waals surface area contributed by atoms with Gasteiger partial charge in [-0.2, -0.15) is 0 Å². The summed E-state index contributed by atoms with van der Waals surface area (Å²) in [6, 6.07) is 3.65. The van der Waals surface area contributed by atoms with Gasteiger partial charge >= 0.3 is 0 Å². The number of halogens is 2. The molecule has 1 aromatic carbocycles. The lowest BCUT2D eigenvalue weighted by Gasteiger charge is -2.11. The molecule has 0 aliphatic carbocycles. The van der Waals surface area contributed by atoms with Gasteiger partial charge < -0.3 is 10.6 Å². The van der Waals surface area contributed by atoms with Crippen molar-refractivity contribution in [3.05, 3.63) is 51.0 Å². The fourth-order valence-electron chi connectivity index (χ4n) is 2.25. The maximum atomic E-state index is 13.6. The number of hydrogen-bond donors (Lipinski definition) is 2. The smallest absolute Gasteiger partial charge is 0.191 e. The van der Waals surface area contributed by atoms with E-state index in [-0.39, 0.29) is 0 Å². The Labute approximate surface area is 145 Å². The van der Waals surface area contributed by atoms with E-state index in [9.17, 15) is 8.78 Å². The van der Waals surface area contributed by atoms with Gasteiger partial charge in [-0.3, -0.25) is 0 Å². The van der Waals surface area contributed by atoms with Gasteiger partial charge in [0, 0.05) is 24.0 Å². The summed E-state index contributed by atoms with van der Waals surface area (Å²) in [6.45, 7) is 7.74. The number of thiazole rings is 1. The number of aliphatic imine (C=N–C) groups is 1. The zero-order valence-corrected chi connectivity index (χ0v) is 14.9. The molecule has 2 N–H and O–H groups in total. The highest BCUT2D eigenvalue weighted by Gasteiger charge is 2.06. The highest BCUT2D eigenvalue weighted by molar-refractivity contribution is 7.11. The first-order valence-corrected chi connectivity index (χ1v) is 8.70. The zero-order valence-electron chi connectivity index (χ0n) is 14.1. The second kappa shape index (κ2) is 8.73. The maximum absolute atomic E-state index is 13.6. The molecule has 0 saturated carbocycles. The minimum atomic E-state index is -0.561. The fourth-order valence-corrected chi connectivity index (χ4v) is 3.11. The molecule has 0 spiro atoms. The number of rotatable bonds is 6. The molecule has 0 radical (unpaired) electrons. The Morgan fingerprint density at radius 2 is 2.04 bits per heavy atom. The van der Waals surface area contributed by atoms with Crippen LogP contribution in [0.15, 0.2) is 23.2 Å². The molecular weight excluding hydrogens is 330 g/mol. The molecule has 1 aromatic heterocycles. The number of aromatic nitrogens is 1. The number of hydrogen-bond acceptors (Lipinski definition) is 3. The monoisotopic (exact) mass is 352 g/mol. The summed E-state index contributed by atoms with van der Waals surface area (Å²) in [5.41, 5.74) is 1.49. The Morgan fingerprint density at radius 3 is 2.67 bits per heavy atom. The topological polar surface area (TPSA) is 49.3 Å². The predicted octanol–water partition coefficient (Wildman–Crippen LogP) is 3.34. The number of nitrogens with one attached hydrogen (secondary N) is 2. The summed E-state index contributed by atoms with van der Waals surface area (Å²) in [6.07, 6.45) is 0.454. The zero-order chi connectivity index (χ0) is 17.5. The lowest BCUT2D eigenvalue weighted by atomic mass is 10.1. The molecule has 7 heteroatoms. The van der Waals surface area contributed by atoms with E-state index >= 15 is 0 Å². The molecule has 0 saturated heterocycles. The average Bonchev–Trinajstić information content (AvgIpc) is 2.84. The van der Waals surface area contributed by atoms with E-state index in [1.54, 1.807) is 11.3 Å². The SMILES string of the molecule is CCNC(=NCc1sc(C)nc1C)NCCc1ccc(F)cc1F. The number of guanidine groups is 1. The van der Waals surface area contributed by atoms with E-state index < -0.39 is 11.6 Å². The highest BCUT2D eigenvalue weighted by Crippen LogP contribution is 2.17. The molecule has 2 rings (SSSR count). The minimum absolute atomic E-state index is 0.454. The van der Waals surface area contributed by atoms with Crippen LogP contribution in [0.4, 0.5) is 8.78 Å². The lowest BCUT2D eigenvalue weighted by molar-refractivity contribution is 0.570. The third-order valence-electron chi connectivity index (χ3n) is 3.43. The normalized spacial score (nSPS) is 11.6. The molecular formula is C17H22F2N4S. The van der Waals surface area contributed by atoms with Crippen LogP contribution in [0.2, 0.25) is 0 Å². The third-order valence-corrected chi connectivity index (χ3v) is 4.48. The van der Waals surface area contributed by atoms with Gasteiger partial charge in [0.25, 0.3) is 0 Å². The van der Waals surface area contributed by atoms with E-state index in [4.69, 9.17) is 0 Å². The van der Waals surface area contributed by atoms with Crippen LogP contribution in [0.1, 0.15) is 28.1 Å². The van der Waals surface area contributed by atoms with Crippen molar-refractivity contribution in [2.75, 3.05) is 13.1 Å². The largest absolute Gasteiger partial charge is 0.357 e. The molecule has 2 aromatic rings. The van der Waals surface area contributed by atoms with Crippen LogP contribution in [0.25, 0.3) is 0 Å². The van der Waals surface area contributed by atoms with Crippen molar-refractivity contribution >= 4 is 17.3 Å². The molecule has 1 heterocycles. The second-order valence-electron chi connectivity index (χ2n) is 5.35. The number of benzene rings is 1. The Kier molecular flexibility index (Phi) is 6.66. The highest BCUT2D eigenvalue weighted by atomic mass is 32.1. The fraction of sp³-hybridized carbons (Fsp3) is 0.412. The van der Waals surface area contributed by atoms with Crippen LogP contribution in [0.5, 0.6) is 0 Å². The lowest BCUT2D eigenvalue weighted by Crippen LogP contribution is -2.38. The molecule has 130 valence electrons. The summed E-state index contributed by atoms with van der Waals surface area (Å²) < 4.78 is 26.5. The molecule has 0 aliphatic rings. The summed E-state index contributed by atoms with van der Waals surface area (Å²) in [5, 5.41) is 7.36. The van der Waals surface area contributed by atoms with Gasteiger partial charge in [0.1, 0.15) is 11.6 Å². The van der Waals surface area contributed by atoms with Gasteiger partial charge in [-0.15, -0.1) is 11.3 Å². The minimum Gasteiger partial charge on any atom is -0.357 e. The first kappa shape index (κ1) is 18.3. The van der Waals surface area contributed by atoms with Gasteiger partial charge in [-0.05, 0) is 38.8 Å². The van der Waals surface area contributed by atoms with E-state index in [1.165, 1.54) is 12.1 Å². The Hall–Kier alpha value is -2.02. The molecule has 0 aliphatic heterocycles. The molecule has 0 unspecified atom stereocenters. The van der Waals surface area contributed by atoms with Gasteiger partial charge in [0.2, 0.25) is 0 Å². The summed E-state index contributed by atoms with van der Waals surface area (Å²) >= 11 is 1.64. The molecule has 0 amide bonds. The number of nitrogens with zero attached hydrogens (tertiary/aromatic N) is 2. The Morgan fingerprint density at radius 1 is 1.25 bits per heavy atom. The molecule has 0 bridgehead atoms. The molecule has 4 nitrogen and oxygen atoms in total. The van der Waals surface area contributed by atoms with Crippen molar-refractivity contribution in [1.82, 2.24) is 15.6 Å². The van der Waals surface area contributed by atoms with E-state index in [0.29, 0.717) is 31.0 Å².